The molecule has 1 heterocycles. The Labute approximate surface area is 181 Å². The molecule has 1 aromatic rings. The van der Waals surface area contributed by atoms with E-state index in [1.165, 1.54) is 30.1 Å². The topological polar surface area (TPSA) is 18.5 Å². The molecule has 28 heavy (non-hydrogen) atoms. The molecule has 4 heteroatoms. The summed E-state index contributed by atoms with van der Waals surface area (Å²) in [6.45, 7) is 17.3. The first kappa shape index (κ1) is 24.1. The summed E-state index contributed by atoms with van der Waals surface area (Å²) in [7, 11) is -1.81. The second-order valence-corrected chi connectivity index (χ2v) is 17.5. The molecule has 1 aliphatic rings. The molecule has 0 radical (unpaired) electrons. The van der Waals surface area contributed by atoms with Crippen molar-refractivity contribution in [3.8, 4) is 0 Å². The van der Waals surface area contributed by atoms with Gasteiger partial charge in [-0.1, -0.05) is 0 Å². The van der Waals surface area contributed by atoms with Crippen LogP contribution in [0.15, 0.2) is 30.3 Å². The SMILES string of the molecule is CCCC[C@@H]1O[C@H](CO[Si](C(C)C)(C(C)C)C(C)C)C[C@@H]1[Se]c1ccccc1. The Morgan fingerprint density at radius 3 is 2.18 bits per heavy atom. The van der Waals surface area contributed by atoms with Crippen molar-refractivity contribution < 1.29 is 9.16 Å². The van der Waals surface area contributed by atoms with E-state index in [1.54, 1.807) is 0 Å². The van der Waals surface area contributed by atoms with Gasteiger partial charge in [0, 0.05) is 0 Å². The summed E-state index contributed by atoms with van der Waals surface area (Å²) in [5, 5.41) is 0. The maximum absolute atomic E-state index is 6.87. The molecule has 0 saturated carbocycles. The normalized spacial score (nSPS) is 23.3. The number of hydrogen-bond acceptors (Lipinski definition) is 2. The molecule has 0 bridgehead atoms. The third-order valence-electron chi connectivity index (χ3n) is 6.38. The van der Waals surface area contributed by atoms with Crippen molar-refractivity contribution >= 4 is 27.7 Å². The van der Waals surface area contributed by atoms with Gasteiger partial charge in [0.25, 0.3) is 0 Å². The van der Waals surface area contributed by atoms with Crippen LogP contribution in [0.4, 0.5) is 0 Å². The van der Waals surface area contributed by atoms with Crippen molar-refractivity contribution in [1.29, 1.82) is 0 Å². The van der Waals surface area contributed by atoms with Crippen molar-refractivity contribution in [2.24, 2.45) is 0 Å². The number of ether oxygens (including phenoxy) is 1. The summed E-state index contributed by atoms with van der Waals surface area (Å²) in [6.07, 6.45) is 5.58. The Balaban J connectivity index is 2.05. The van der Waals surface area contributed by atoms with E-state index in [-0.39, 0.29) is 6.10 Å². The number of hydrogen-bond donors (Lipinski definition) is 0. The minimum atomic E-state index is -1.81. The number of benzene rings is 1. The van der Waals surface area contributed by atoms with Gasteiger partial charge in [-0.3, -0.25) is 0 Å². The summed E-state index contributed by atoms with van der Waals surface area (Å²) < 4.78 is 15.0. The standard InChI is InChI=1S/C24H42O2SeSi/c1-8-9-15-23-24(27-22-13-11-10-12-14-22)16-21(26-23)17-25-28(18(2)3,19(4)5)20(6)7/h10-14,18-21,23-24H,8-9,15-17H2,1-7H3/t21-,23-,24-/m0/s1. The van der Waals surface area contributed by atoms with Gasteiger partial charge in [0.05, 0.1) is 0 Å². The van der Waals surface area contributed by atoms with Crippen LogP contribution in [-0.4, -0.2) is 42.1 Å². The van der Waals surface area contributed by atoms with Crippen LogP contribution in [0, 0.1) is 0 Å². The fourth-order valence-electron chi connectivity index (χ4n) is 5.10. The Kier molecular flexibility index (Phi) is 9.76. The van der Waals surface area contributed by atoms with E-state index in [1.807, 2.05) is 0 Å². The molecule has 3 atom stereocenters. The second-order valence-electron chi connectivity index (χ2n) is 9.27. The molecule has 2 nitrogen and oxygen atoms in total. The van der Waals surface area contributed by atoms with Crippen LogP contribution in [0.5, 0.6) is 0 Å². The van der Waals surface area contributed by atoms with Crippen molar-refractivity contribution in [2.75, 3.05) is 6.61 Å². The molecule has 0 aliphatic carbocycles. The summed E-state index contributed by atoms with van der Waals surface area (Å²) >= 11 is 0.483. The van der Waals surface area contributed by atoms with Crippen molar-refractivity contribution in [3.63, 3.8) is 0 Å². The van der Waals surface area contributed by atoms with Crippen molar-refractivity contribution in [2.45, 2.75) is 108 Å². The molecule has 2 rings (SSSR count). The Hall–Kier alpha value is -0.124. The fourth-order valence-corrected chi connectivity index (χ4v) is 13.4. The third-order valence-corrected chi connectivity index (χ3v) is 15.3. The molecule has 1 fully saturated rings. The first-order valence-corrected chi connectivity index (χ1v) is 15.3. The van der Waals surface area contributed by atoms with Gasteiger partial charge in [-0.25, -0.2) is 0 Å². The first-order chi connectivity index (χ1) is 13.3. The molecule has 1 aliphatic heterocycles. The molecule has 160 valence electrons. The van der Waals surface area contributed by atoms with Gasteiger partial charge >= 0.3 is 182 Å². The molecule has 1 saturated heterocycles. The number of rotatable bonds is 11. The Morgan fingerprint density at radius 1 is 1.04 bits per heavy atom. The predicted octanol–water partition coefficient (Wildman–Crippen LogP) is 6.34. The maximum atomic E-state index is 6.87. The van der Waals surface area contributed by atoms with Crippen LogP contribution in [0.25, 0.3) is 0 Å². The quantitative estimate of drug-likeness (QED) is 0.352. The molecule has 0 unspecified atom stereocenters. The van der Waals surface area contributed by atoms with E-state index in [4.69, 9.17) is 9.16 Å². The molecule has 0 N–H and O–H groups in total. The Bertz CT molecular complexity index is 539. The van der Waals surface area contributed by atoms with Gasteiger partial charge in [-0.15, -0.1) is 0 Å². The molecule has 0 aromatic heterocycles. The zero-order chi connectivity index (χ0) is 20.7. The van der Waals surface area contributed by atoms with E-state index >= 15 is 0 Å². The average molecular weight is 470 g/mol. The summed E-state index contributed by atoms with van der Waals surface area (Å²) in [4.78, 5) is 0.684. The van der Waals surface area contributed by atoms with Crippen LogP contribution in [0.1, 0.15) is 74.1 Å². The van der Waals surface area contributed by atoms with E-state index < -0.39 is 8.32 Å². The molecule has 0 spiro atoms. The van der Waals surface area contributed by atoms with Gasteiger partial charge < -0.3 is 0 Å². The predicted molar refractivity (Wildman–Crippen MR) is 125 cm³/mol. The average Bonchev–Trinajstić information content (AvgIpc) is 3.02. The van der Waals surface area contributed by atoms with Crippen LogP contribution in [0.2, 0.25) is 21.4 Å². The van der Waals surface area contributed by atoms with Gasteiger partial charge in [-0.2, -0.15) is 0 Å². The van der Waals surface area contributed by atoms with Crippen LogP contribution >= 0.6 is 0 Å². The van der Waals surface area contributed by atoms with E-state index in [0.29, 0.717) is 42.5 Å². The first-order valence-electron chi connectivity index (χ1n) is 11.3. The van der Waals surface area contributed by atoms with Gasteiger partial charge in [-0.05, 0) is 0 Å². The number of unbranched alkanes of at least 4 members (excludes halogenated alkanes) is 1. The van der Waals surface area contributed by atoms with Gasteiger partial charge in [0.1, 0.15) is 0 Å². The fraction of sp³-hybridized carbons (Fsp3) is 0.750. The molecule has 1 aromatic carbocycles. The van der Waals surface area contributed by atoms with Gasteiger partial charge in [0.2, 0.25) is 0 Å². The molecular formula is C24H42O2SeSi. The minimum absolute atomic E-state index is 0.278. The summed E-state index contributed by atoms with van der Waals surface area (Å²) in [6, 6.07) is 11.0. The van der Waals surface area contributed by atoms with E-state index in [9.17, 15) is 0 Å². The summed E-state index contributed by atoms with van der Waals surface area (Å²) in [5.41, 5.74) is 1.90. The second kappa shape index (κ2) is 11.3. The van der Waals surface area contributed by atoms with Crippen LogP contribution in [0.3, 0.4) is 0 Å². The van der Waals surface area contributed by atoms with Crippen LogP contribution in [-0.2, 0) is 9.16 Å². The summed E-state index contributed by atoms with van der Waals surface area (Å²) in [5.74, 6) is 0. The molecule has 0 amide bonds. The zero-order valence-corrected chi connectivity index (χ0v) is 21.8. The van der Waals surface area contributed by atoms with Crippen LogP contribution < -0.4 is 4.46 Å². The van der Waals surface area contributed by atoms with Crippen molar-refractivity contribution in [3.05, 3.63) is 30.3 Å². The molecular weight excluding hydrogens is 427 g/mol. The Morgan fingerprint density at radius 2 is 1.64 bits per heavy atom. The zero-order valence-electron chi connectivity index (χ0n) is 19.1. The van der Waals surface area contributed by atoms with Crippen molar-refractivity contribution in [1.82, 2.24) is 0 Å². The van der Waals surface area contributed by atoms with Gasteiger partial charge in [0.15, 0.2) is 0 Å². The van der Waals surface area contributed by atoms with E-state index in [0.717, 1.165) is 6.61 Å². The monoisotopic (exact) mass is 470 g/mol. The third kappa shape index (κ3) is 5.95. The van der Waals surface area contributed by atoms with E-state index in [2.05, 4.69) is 78.8 Å².